The summed E-state index contributed by atoms with van der Waals surface area (Å²) in [5.74, 6) is -0.773. The number of hydrogen-bond donors (Lipinski definition) is 0. The summed E-state index contributed by atoms with van der Waals surface area (Å²) in [6, 6.07) is 25.2. The predicted molar refractivity (Wildman–Crippen MR) is 119 cm³/mol. The van der Waals surface area contributed by atoms with Gasteiger partial charge in [0.2, 0.25) is 0 Å². The van der Waals surface area contributed by atoms with Gasteiger partial charge in [-0.25, -0.2) is 0 Å². The second-order valence-corrected chi connectivity index (χ2v) is 12.4. The molecule has 0 spiro atoms. The fraction of sp³-hybridized carbons (Fsp3) is 0.160. The Kier molecular flexibility index (Phi) is 5.22. The fourth-order valence-corrected chi connectivity index (χ4v) is 6.42. The van der Waals surface area contributed by atoms with Gasteiger partial charge in [-0.3, -0.25) is 14.5 Å². The first-order valence-corrected chi connectivity index (χ1v) is 13.0. The lowest BCUT2D eigenvalue weighted by molar-refractivity contribution is -0.116. The molecule has 2 amide bonds. The first kappa shape index (κ1) is 20.0. The van der Waals surface area contributed by atoms with Crippen molar-refractivity contribution in [2.45, 2.75) is 25.6 Å². The van der Waals surface area contributed by atoms with E-state index in [0.29, 0.717) is 17.5 Å². The first-order chi connectivity index (χ1) is 14.4. The summed E-state index contributed by atoms with van der Waals surface area (Å²) in [6.07, 6.45) is 0.314. The number of fused-ring (bicyclic) bond motifs is 1. The van der Waals surface area contributed by atoms with E-state index in [9.17, 15) is 14.4 Å². The molecule has 0 fully saturated rings. The van der Waals surface area contributed by atoms with Crippen molar-refractivity contribution in [3.8, 4) is 0 Å². The van der Waals surface area contributed by atoms with Crippen LogP contribution < -0.4 is 5.19 Å². The van der Waals surface area contributed by atoms with E-state index in [1.807, 2.05) is 73.8 Å². The fourth-order valence-electron chi connectivity index (χ4n) is 4.04. The van der Waals surface area contributed by atoms with Crippen LogP contribution in [0.15, 0.2) is 84.9 Å². The van der Waals surface area contributed by atoms with Crippen LogP contribution in [-0.4, -0.2) is 36.2 Å². The third-order valence-corrected chi connectivity index (χ3v) is 9.17. The summed E-state index contributed by atoms with van der Waals surface area (Å²) < 4.78 is 0. The number of carbonyl (C=O) groups is 3. The van der Waals surface area contributed by atoms with Crippen LogP contribution in [0.5, 0.6) is 0 Å². The predicted octanol–water partition coefficient (Wildman–Crippen LogP) is 3.62. The number of amides is 2. The smallest absolute Gasteiger partial charge is 0.262 e. The lowest BCUT2D eigenvalue weighted by Gasteiger charge is -2.32. The summed E-state index contributed by atoms with van der Waals surface area (Å²) in [5.41, 5.74) is 1.66. The van der Waals surface area contributed by atoms with Crippen LogP contribution >= 0.6 is 0 Å². The SMILES string of the molecule is C[Si](C)(C(=O)[C@H](Cc1ccccc1)N1C(=O)c2ccccc2C1=O)c1ccccc1. The van der Waals surface area contributed by atoms with Crippen LogP contribution in [0.3, 0.4) is 0 Å². The lowest BCUT2D eigenvalue weighted by Crippen LogP contribution is -2.60. The van der Waals surface area contributed by atoms with Crippen molar-refractivity contribution in [2.75, 3.05) is 0 Å². The first-order valence-electron chi connectivity index (χ1n) is 10.0. The van der Waals surface area contributed by atoms with Crippen LogP contribution in [-0.2, 0) is 11.2 Å². The zero-order valence-corrected chi connectivity index (χ0v) is 18.0. The Morgan fingerprint density at radius 3 is 1.77 bits per heavy atom. The minimum Gasteiger partial charge on any atom is -0.303 e. The van der Waals surface area contributed by atoms with Gasteiger partial charge in [-0.1, -0.05) is 91.1 Å². The van der Waals surface area contributed by atoms with E-state index in [4.69, 9.17) is 0 Å². The van der Waals surface area contributed by atoms with Crippen molar-refractivity contribution in [2.24, 2.45) is 0 Å². The van der Waals surface area contributed by atoms with Crippen molar-refractivity contribution in [3.63, 3.8) is 0 Å². The largest absolute Gasteiger partial charge is 0.303 e. The van der Waals surface area contributed by atoms with Gasteiger partial charge in [-0.05, 0) is 17.7 Å². The average Bonchev–Trinajstić information content (AvgIpc) is 3.03. The molecule has 5 heteroatoms. The average molecular weight is 414 g/mol. The minimum atomic E-state index is -2.61. The Hall–Kier alpha value is -3.31. The molecule has 1 atom stereocenters. The maximum Gasteiger partial charge on any atom is 0.262 e. The van der Waals surface area contributed by atoms with Gasteiger partial charge in [0.15, 0.2) is 8.07 Å². The normalized spacial score (nSPS) is 14.5. The summed E-state index contributed by atoms with van der Waals surface area (Å²) in [6.45, 7) is 3.97. The Bertz CT molecular complexity index is 1070. The summed E-state index contributed by atoms with van der Waals surface area (Å²) in [7, 11) is -2.61. The molecular formula is C25H23NO3Si. The van der Waals surface area contributed by atoms with Crippen molar-refractivity contribution in [1.82, 2.24) is 4.90 Å². The van der Waals surface area contributed by atoms with Gasteiger partial charge in [-0.15, -0.1) is 0 Å². The molecule has 1 aliphatic heterocycles. The third-order valence-electron chi connectivity index (χ3n) is 5.82. The number of benzene rings is 3. The molecule has 0 bridgehead atoms. The molecule has 4 nitrogen and oxygen atoms in total. The molecule has 0 N–H and O–H groups in total. The molecule has 1 aliphatic rings. The highest BCUT2D eigenvalue weighted by atomic mass is 28.3. The van der Waals surface area contributed by atoms with Crippen LogP contribution in [0.4, 0.5) is 0 Å². The molecule has 0 aromatic heterocycles. The second-order valence-electron chi connectivity index (χ2n) is 8.09. The monoisotopic (exact) mass is 413 g/mol. The van der Waals surface area contributed by atoms with Crippen LogP contribution in [0, 0.1) is 0 Å². The van der Waals surface area contributed by atoms with Gasteiger partial charge in [0.05, 0.1) is 17.2 Å². The Morgan fingerprint density at radius 1 is 0.767 bits per heavy atom. The highest BCUT2D eigenvalue weighted by Crippen LogP contribution is 2.28. The van der Waals surface area contributed by atoms with Crippen molar-refractivity contribution < 1.29 is 14.4 Å². The molecule has 0 saturated heterocycles. The maximum absolute atomic E-state index is 13.9. The van der Waals surface area contributed by atoms with E-state index in [1.165, 1.54) is 4.90 Å². The topological polar surface area (TPSA) is 54.5 Å². The van der Waals surface area contributed by atoms with E-state index in [1.54, 1.807) is 24.3 Å². The number of rotatable bonds is 6. The number of hydrogen-bond acceptors (Lipinski definition) is 3. The third kappa shape index (κ3) is 3.41. The van der Waals surface area contributed by atoms with E-state index < -0.39 is 14.1 Å². The van der Waals surface area contributed by atoms with Gasteiger partial charge in [0, 0.05) is 6.42 Å². The summed E-state index contributed by atoms with van der Waals surface area (Å²) in [5, 5.41) is 0.969. The molecular weight excluding hydrogens is 390 g/mol. The molecule has 0 radical (unpaired) electrons. The van der Waals surface area contributed by atoms with E-state index in [2.05, 4.69) is 0 Å². The second kappa shape index (κ2) is 7.84. The Balaban J connectivity index is 1.77. The van der Waals surface area contributed by atoms with Gasteiger partial charge in [-0.2, -0.15) is 0 Å². The van der Waals surface area contributed by atoms with E-state index in [-0.39, 0.29) is 17.2 Å². The molecule has 150 valence electrons. The quantitative estimate of drug-likeness (QED) is 0.458. The minimum absolute atomic E-state index is 0.0212. The zero-order chi connectivity index (χ0) is 21.3. The van der Waals surface area contributed by atoms with E-state index >= 15 is 0 Å². The maximum atomic E-state index is 13.9. The molecule has 0 aliphatic carbocycles. The number of nitrogens with zero attached hydrogens (tertiary/aromatic N) is 1. The number of imide groups is 1. The van der Waals surface area contributed by atoms with Gasteiger partial charge >= 0.3 is 0 Å². The molecule has 3 aromatic rings. The Morgan fingerprint density at radius 2 is 1.23 bits per heavy atom. The molecule has 1 heterocycles. The molecule has 0 saturated carbocycles. The molecule has 4 rings (SSSR count). The van der Waals surface area contributed by atoms with Gasteiger partial charge < -0.3 is 4.79 Å². The van der Waals surface area contributed by atoms with Crippen LogP contribution in [0.1, 0.15) is 26.3 Å². The molecule has 30 heavy (non-hydrogen) atoms. The van der Waals surface area contributed by atoms with Gasteiger partial charge in [0.1, 0.15) is 5.41 Å². The highest BCUT2D eigenvalue weighted by molar-refractivity contribution is 7.13. The van der Waals surface area contributed by atoms with E-state index in [0.717, 1.165) is 10.8 Å². The molecule has 0 unspecified atom stereocenters. The zero-order valence-electron chi connectivity index (χ0n) is 17.0. The van der Waals surface area contributed by atoms with Crippen molar-refractivity contribution in [1.29, 1.82) is 0 Å². The van der Waals surface area contributed by atoms with Gasteiger partial charge in [0.25, 0.3) is 11.8 Å². The Labute approximate surface area is 177 Å². The standard InChI is InChI=1S/C25H23NO3Si/c1-30(2,19-13-7-4-8-14-19)25(29)22(17-18-11-5-3-6-12-18)26-23(27)20-15-9-10-16-21(20)24(26)28/h3-16,22H,17H2,1-2H3/t22-/m0/s1. The molecule has 3 aromatic carbocycles. The lowest BCUT2D eigenvalue weighted by atomic mass is 10.1. The van der Waals surface area contributed by atoms with Crippen molar-refractivity contribution in [3.05, 3.63) is 102 Å². The summed E-state index contributed by atoms with van der Waals surface area (Å²) in [4.78, 5) is 41.5. The van der Waals surface area contributed by atoms with Crippen LogP contribution in [0.25, 0.3) is 0 Å². The summed E-state index contributed by atoms with van der Waals surface area (Å²) >= 11 is 0. The number of carbonyl (C=O) groups excluding carboxylic acids is 3. The van der Waals surface area contributed by atoms with Crippen LogP contribution in [0.2, 0.25) is 13.1 Å². The van der Waals surface area contributed by atoms with Crippen molar-refractivity contribution >= 4 is 30.5 Å². The highest BCUT2D eigenvalue weighted by Gasteiger charge is 2.47.